The van der Waals surface area contributed by atoms with Crippen molar-refractivity contribution in [3.8, 4) is 0 Å². The summed E-state index contributed by atoms with van der Waals surface area (Å²) in [6.45, 7) is 0.283. The first-order valence-electron chi connectivity index (χ1n) is 6.90. The zero-order chi connectivity index (χ0) is 15.7. The van der Waals surface area contributed by atoms with Gasteiger partial charge in [-0.2, -0.15) is 9.40 Å². The molecule has 0 radical (unpaired) electrons. The second-order valence-electron chi connectivity index (χ2n) is 5.22. The SMILES string of the molecule is CN(Cc1ccnn1C)S(=O)(=O)c1ccc2ccccc2c1. The van der Waals surface area contributed by atoms with E-state index < -0.39 is 10.0 Å². The van der Waals surface area contributed by atoms with E-state index in [4.69, 9.17) is 0 Å². The van der Waals surface area contributed by atoms with E-state index in [-0.39, 0.29) is 6.54 Å². The van der Waals surface area contributed by atoms with E-state index in [2.05, 4.69) is 5.10 Å². The molecule has 0 bridgehead atoms. The van der Waals surface area contributed by atoms with Crippen molar-refractivity contribution in [3.63, 3.8) is 0 Å². The molecule has 2 aromatic carbocycles. The number of rotatable bonds is 4. The first kappa shape index (κ1) is 14.7. The molecule has 1 aromatic heterocycles. The van der Waals surface area contributed by atoms with Crippen LogP contribution >= 0.6 is 0 Å². The van der Waals surface area contributed by atoms with Gasteiger partial charge in [0.2, 0.25) is 10.0 Å². The Kier molecular flexibility index (Phi) is 3.72. The number of aryl methyl sites for hydroxylation is 1. The van der Waals surface area contributed by atoms with E-state index in [9.17, 15) is 8.42 Å². The number of hydrogen-bond donors (Lipinski definition) is 0. The Morgan fingerprint density at radius 2 is 1.82 bits per heavy atom. The molecule has 0 amide bonds. The Morgan fingerprint density at radius 1 is 1.09 bits per heavy atom. The lowest BCUT2D eigenvalue weighted by molar-refractivity contribution is 0.453. The fourth-order valence-corrected chi connectivity index (χ4v) is 3.56. The smallest absolute Gasteiger partial charge is 0.243 e. The van der Waals surface area contributed by atoms with Crippen molar-refractivity contribution in [1.29, 1.82) is 0 Å². The van der Waals surface area contributed by atoms with E-state index in [0.29, 0.717) is 4.90 Å². The molecule has 6 heteroatoms. The summed E-state index contributed by atoms with van der Waals surface area (Å²) in [4.78, 5) is 0.302. The third-order valence-electron chi connectivity index (χ3n) is 3.74. The zero-order valence-electron chi connectivity index (χ0n) is 12.5. The predicted molar refractivity (Wildman–Crippen MR) is 85.8 cm³/mol. The molecule has 22 heavy (non-hydrogen) atoms. The van der Waals surface area contributed by atoms with Gasteiger partial charge in [-0.3, -0.25) is 4.68 Å². The summed E-state index contributed by atoms with van der Waals surface area (Å²) in [5.74, 6) is 0. The Morgan fingerprint density at radius 3 is 2.50 bits per heavy atom. The van der Waals surface area contributed by atoms with E-state index in [1.807, 2.05) is 36.4 Å². The quantitative estimate of drug-likeness (QED) is 0.743. The van der Waals surface area contributed by atoms with Gasteiger partial charge in [-0.25, -0.2) is 8.42 Å². The van der Waals surface area contributed by atoms with Crippen LogP contribution in [0.25, 0.3) is 10.8 Å². The average Bonchev–Trinajstić information content (AvgIpc) is 2.92. The minimum Gasteiger partial charge on any atom is -0.271 e. The molecule has 0 saturated heterocycles. The van der Waals surface area contributed by atoms with E-state index in [1.54, 1.807) is 37.1 Å². The molecule has 1 heterocycles. The molecule has 0 saturated carbocycles. The van der Waals surface area contributed by atoms with Gasteiger partial charge in [0, 0.05) is 20.3 Å². The van der Waals surface area contributed by atoms with Crippen molar-refractivity contribution in [2.24, 2.45) is 7.05 Å². The van der Waals surface area contributed by atoms with Crippen molar-refractivity contribution in [2.75, 3.05) is 7.05 Å². The molecule has 0 spiro atoms. The molecule has 0 N–H and O–H groups in total. The fraction of sp³-hybridized carbons (Fsp3) is 0.188. The maximum Gasteiger partial charge on any atom is 0.243 e. The van der Waals surface area contributed by atoms with Crippen molar-refractivity contribution in [3.05, 3.63) is 60.4 Å². The standard InChI is InChI=1S/C16H17N3O2S/c1-18(12-15-9-10-17-19(15)2)22(20,21)16-8-7-13-5-3-4-6-14(13)11-16/h3-11H,12H2,1-2H3. The molecule has 0 aliphatic rings. The molecule has 0 unspecified atom stereocenters. The van der Waals surface area contributed by atoms with Crippen LogP contribution in [-0.4, -0.2) is 29.6 Å². The molecular formula is C16H17N3O2S. The molecule has 0 fully saturated rings. The molecule has 5 nitrogen and oxygen atoms in total. The number of benzene rings is 2. The summed E-state index contributed by atoms with van der Waals surface area (Å²) in [6, 6.07) is 14.7. The van der Waals surface area contributed by atoms with Gasteiger partial charge in [-0.15, -0.1) is 0 Å². The number of nitrogens with zero attached hydrogens (tertiary/aromatic N) is 3. The number of sulfonamides is 1. The van der Waals surface area contributed by atoms with Crippen LogP contribution < -0.4 is 0 Å². The van der Waals surface area contributed by atoms with Gasteiger partial charge in [0.15, 0.2) is 0 Å². The minimum absolute atomic E-state index is 0.283. The van der Waals surface area contributed by atoms with Crippen LogP contribution in [0, 0.1) is 0 Å². The normalized spacial score (nSPS) is 12.1. The Bertz CT molecular complexity index is 916. The Balaban J connectivity index is 1.95. The van der Waals surface area contributed by atoms with Gasteiger partial charge in [0.25, 0.3) is 0 Å². The van der Waals surface area contributed by atoms with Crippen molar-refractivity contribution < 1.29 is 8.42 Å². The maximum atomic E-state index is 12.7. The summed E-state index contributed by atoms with van der Waals surface area (Å²) < 4.78 is 28.4. The zero-order valence-corrected chi connectivity index (χ0v) is 13.3. The van der Waals surface area contributed by atoms with Gasteiger partial charge in [-0.1, -0.05) is 30.3 Å². The first-order valence-corrected chi connectivity index (χ1v) is 8.34. The number of aromatic nitrogens is 2. The van der Waals surface area contributed by atoms with Crippen LogP contribution in [0.1, 0.15) is 5.69 Å². The van der Waals surface area contributed by atoms with E-state index in [0.717, 1.165) is 16.5 Å². The number of hydrogen-bond acceptors (Lipinski definition) is 3. The van der Waals surface area contributed by atoms with Crippen molar-refractivity contribution >= 4 is 20.8 Å². The predicted octanol–water partition coefficient (Wildman–Crippen LogP) is 2.39. The highest BCUT2D eigenvalue weighted by Crippen LogP contribution is 2.22. The van der Waals surface area contributed by atoms with Gasteiger partial charge in [0.05, 0.1) is 17.1 Å². The fourth-order valence-electron chi connectivity index (χ4n) is 2.38. The average molecular weight is 315 g/mol. The maximum absolute atomic E-state index is 12.7. The van der Waals surface area contributed by atoms with Gasteiger partial charge < -0.3 is 0 Å². The van der Waals surface area contributed by atoms with E-state index >= 15 is 0 Å². The molecule has 0 aliphatic carbocycles. The summed E-state index contributed by atoms with van der Waals surface area (Å²) >= 11 is 0. The summed E-state index contributed by atoms with van der Waals surface area (Å²) in [5.41, 5.74) is 0.840. The highest BCUT2D eigenvalue weighted by atomic mass is 32.2. The van der Waals surface area contributed by atoms with E-state index in [1.165, 1.54) is 4.31 Å². The lowest BCUT2D eigenvalue weighted by Crippen LogP contribution is -2.27. The minimum atomic E-state index is -3.53. The Labute approximate surface area is 129 Å². The Hall–Kier alpha value is -2.18. The molecule has 114 valence electrons. The lowest BCUT2D eigenvalue weighted by Gasteiger charge is -2.17. The summed E-state index contributed by atoms with van der Waals surface area (Å²) in [6.07, 6.45) is 1.66. The van der Waals surface area contributed by atoms with Crippen LogP contribution in [0.5, 0.6) is 0 Å². The molecule has 3 aromatic rings. The summed E-state index contributed by atoms with van der Waals surface area (Å²) in [7, 11) is -0.153. The van der Waals surface area contributed by atoms with Crippen LogP contribution in [0.3, 0.4) is 0 Å². The molecule has 3 rings (SSSR count). The van der Waals surface area contributed by atoms with Crippen LogP contribution in [0.15, 0.2) is 59.6 Å². The van der Waals surface area contributed by atoms with Crippen molar-refractivity contribution in [2.45, 2.75) is 11.4 Å². The monoisotopic (exact) mass is 315 g/mol. The largest absolute Gasteiger partial charge is 0.271 e. The highest BCUT2D eigenvalue weighted by Gasteiger charge is 2.22. The van der Waals surface area contributed by atoms with Crippen molar-refractivity contribution in [1.82, 2.24) is 14.1 Å². The first-order chi connectivity index (χ1) is 10.5. The highest BCUT2D eigenvalue weighted by molar-refractivity contribution is 7.89. The van der Waals surface area contributed by atoms with Gasteiger partial charge >= 0.3 is 0 Å². The second-order valence-corrected chi connectivity index (χ2v) is 7.26. The molecular weight excluding hydrogens is 298 g/mol. The van der Waals surface area contributed by atoms with Crippen LogP contribution in [0.2, 0.25) is 0 Å². The third kappa shape index (κ3) is 2.63. The van der Waals surface area contributed by atoms with Crippen LogP contribution in [0.4, 0.5) is 0 Å². The van der Waals surface area contributed by atoms with Crippen LogP contribution in [-0.2, 0) is 23.6 Å². The summed E-state index contributed by atoms with van der Waals surface area (Å²) in [5, 5.41) is 6.00. The number of fused-ring (bicyclic) bond motifs is 1. The third-order valence-corrected chi connectivity index (χ3v) is 5.54. The van der Waals surface area contributed by atoms with Gasteiger partial charge in [-0.05, 0) is 29.0 Å². The lowest BCUT2D eigenvalue weighted by atomic mass is 10.1. The molecule has 0 atom stereocenters. The molecule has 0 aliphatic heterocycles. The second kappa shape index (κ2) is 5.55. The topological polar surface area (TPSA) is 55.2 Å². The van der Waals surface area contributed by atoms with Gasteiger partial charge in [0.1, 0.15) is 0 Å².